The molecule has 0 saturated carbocycles. The predicted octanol–water partition coefficient (Wildman–Crippen LogP) is 2.74. The van der Waals surface area contributed by atoms with E-state index in [-0.39, 0.29) is 0 Å². The van der Waals surface area contributed by atoms with Gasteiger partial charge < -0.3 is 9.84 Å². The monoisotopic (exact) mass is 311 g/mol. The van der Waals surface area contributed by atoms with Crippen molar-refractivity contribution in [1.82, 2.24) is 5.32 Å². The van der Waals surface area contributed by atoms with Gasteiger partial charge in [-0.05, 0) is 30.7 Å². The molecule has 21 heavy (non-hydrogen) atoms. The fourth-order valence-corrected chi connectivity index (χ4v) is 3.25. The third-order valence-electron chi connectivity index (χ3n) is 3.26. The number of carbonyl (C=O) groups is 1. The van der Waals surface area contributed by atoms with Crippen LogP contribution in [-0.2, 0) is 15.1 Å². The molecular weight excluding hydrogens is 286 g/mol. The van der Waals surface area contributed by atoms with Crippen molar-refractivity contribution < 1.29 is 14.6 Å². The van der Waals surface area contributed by atoms with Gasteiger partial charge in [-0.15, -0.1) is 0 Å². The van der Waals surface area contributed by atoms with Crippen LogP contribution < -0.4 is 5.32 Å². The van der Waals surface area contributed by atoms with Crippen LogP contribution in [0.2, 0.25) is 0 Å². The summed E-state index contributed by atoms with van der Waals surface area (Å²) < 4.78 is 5.03. The van der Waals surface area contributed by atoms with Crippen LogP contribution in [0.3, 0.4) is 0 Å². The molecule has 1 atom stereocenters. The molecule has 2 N–H and O–H groups in total. The van der Waals surface area contributed by atoms with E-state index in [2.05, 4.69) is 5.32 Å². The zero-order chi connectivity index (χ0) is 15.6. The molecule has 0 spiro atoms. The molecule has 4 nitrogen and oxygen atoms in total. The van der Waals surface area contributed by atoms with Crippen LogP contribution in [-0.4, -0.2) is 42.8 Å². The highest BCUT2D eigenvalue weighted by Gasteiger charge is 2.39. The minimum Gasteiger partial charge on any atom is -0.480 e. The molecule has 1 aromatic carbocycles. The Morgan fingerprint density at radius 2 is 2.10 bits per heavy atom. The minimum absolute atomic E-state index is 0.510. The van der Waals surface area contributed by atoms with E-state index in [4.69, 9.17) is 4.74 Å². The van der Waals surface area contributed by atoms with E-state index in [0.29, 0.717) is 18.9 Å². The number of carboxylic acids is 1. The molecule has 1 unspecified atom stereocenters. The molecule has 5 heteroatoms. The Hall–Kier alpha value is -1.04. The fraction of sp³-hybridized carbons (Fsp3) is 0.562. The Balaban J connectivity index is 2.83. The standard InChI is InChI=1S/C16H25NO3S/c1-3-10-17-16(15(18)19,13-21-12-7-11-20-2)14-8-5-4-6-9-14/h4-6,8-9,17H,3,7,10-13H2,1-2H3,(H,18,19). The van der Waals surface area contributed by atoms with Gasteiger partial charge in [0.2, 0.25) is 0 Å². The van der Waals surface area contributed by atoms with Crippen molar-refractivity contribution in [3.63, 3.8) is 0 Å². The first-order valence-electron chi connectivity index (χ1n) is 7.28. The van der Waals surface area contributed by atoms with Gasteiger partial charge in [0, 0.05) is 19.5 Å². The summed E-state index contributed by atoms with van der Waals surface area (Å²) in [5.74, 6) is 0.584. The summed E-state index contributed by atoms with van der Waals surface area (Å²) in [7, 11) is 1.68. The van der Waals surface area contributed by atoms with Crippen molar-refractivity contribution in [3.8, 4) is 0 Å². The first-order valence-corrected chi connectivity index (χ1v) is 8.43. The summed E-state index contributed by atoms with van der Waals surface area (Å²) in [5.41, 5.74) is -0.208. The summed E-state index contributed by atoms with van der Waals surface area (Å²) in [6.07, 6.45) is 1.83. The highest BCUT2D eigenvalue weighted by Crippen LogP contribution is 2.27. The second-order valence-electron chi connectivity index (χ2n) is 4.90. The third kappa shape index (κ3) is 5.34. The number of hydrogen-bond acceptors (Lipinski definition) is 4. The van der Waals surface area contributed by atoms with Gasteiger partial charge in [0.25, 0.3) is 0 Å². The van der Waals surface area contributed by atoms with Crippen molar-refractivity contribution >= 4 is 17.7 Å². The lowest BCUT2D eigenvalue weighted by atomic mass is 9.91. The predicted molar refractivity (Wildman–Crippen MR) is 87.9 cm³/mol. The molecule has 0 amide bonds. The normalized spacial score (nSPS) is 13.8. The molecule has 0 saturated heterocycles. The van der Waals surface area contributed by atoms with E-state index in [9.17, 15) is 9.90 Å². The number of benzene rings is 1. The Morgan fingerprint density at radius 3 is 2.67 bits per heavy atom. The van der Waals surface area contributed by atoms with Gasteiger partial charge in [-0.2, -0.15) is 11.8 Å². The molecule has 1 aromatic rings. The molecule has 0 aliphatic rings. The number of nitrogens with one attached hydrogen (secondary N) is 1. The lowest BCUT2D eigenvalue weighted by molar-refractivity contribution is -0.144. The molecular formula is C16H25NO3S. The zero-order valence-corrected chi connectivity index (χ0v) is 13.6. The van der Waals surface area contributed by atoms with Crippen LogP contribution in [0.4, 0.5) is 0 Å². The molecule has 0 aliphatic carbocycles. The van der Waals surface area contributed by atoms with Crippen LogP contribution in [0.15, 0.2) is 30.3 Å². The van der Waals surface area contributed by atoms with E-state index in [1.165, 1.54) is 0 Å². The maximum Gasteiger partial charge on any atom is 0.329 e. The summed E-state index contributed by atoms with van der Waals surface area (Å²) in [6.45, 7) is 3.43. The van der Waals surface area contributed by atoms with Gasteiger partial charge in [-0.1, -0.05) is 37.3 Å². The third-order valence-corrected chi connectivity index (χ3v) is 4.48. The Bertz CT molecular complexity index is 413. The maximum absolute atomic E-state index is 11.9. The summed E-state index contributed by atoms with van der Waals surface area (Å²) in [5, 5.41) is 13.0. The molecule has 0 fully saturated rings. The van der Waals surface area contributed by atoms with E-state index in [1.807, 2.05) is 37.3 Å². The molecule has 0 aliphatic heterocycles. The highest BCUT2D eigenvalue weighted by molar-refractivity contribution is 7.99. The average molecular weight is 311 g/mol. The van der Waals surface area contributed by atoms with Gasteiger partial charge in [-0.3, -0.25) is 5.32 Å². The van der Waals surface area contributed by atoms with Gasteiger partial charge in [0.05, 0.1) is 0 Å². The Labute approximate surface area is 131 Å². The van der Waals surface area contributed by atoms with Crippen molar-refractivity contribution in [3.05, 3.63) is 35.9 Å². The van der Waals surface area contributed by atoms with Gasteiger partial charge >= 0.3 is 5.97 Å². The van der Waals surface area contributed by atoms with Crippen molar-refractivity contribution in [2.24, 2.45) is 0 Å². The number of ether oxygens (including phenoxy) is 1. The van der Waals surface area contributed by atoms with E-state index < -0.39 is 11.5 Å². The van der Waals surface area contributed by atoms with Crippen LogP contribution in [0, 0.1) is 0 Å². The minimum atomic E-state index is -1.02. The Kier molecular flexibility index (Phi) is 8.42. The topological polar surface area (TPSA) is 58.6 Å². The van der Waals surface area contributed by atoms with Crippen molar-refractivity contribution in [2.45, 2.75) is 25.3 Å². The number of aliphatic carboxylic acids is 1. The zero-order valence-electron chi connectivity index (χ0n) is 12.8. The van der Waals surface area contributed by atoms with Crippen LogP contribution in [0.5, 0.6) is 0 Å². The maximum atomic E-state index is 11.9. The summed E-state index contributed by atoms with van der Waals surface area (Å²) >= 11 is 1.65. The lowest BCUT2D eigenvalue weighted by Crippen LogP contribution is -2.51. The second kappa shape index (κ2) is 9.82. The highest BCUT2D eigenvalue weighted by atomic mass is 32.2. The lowest BCUT2D eigenvalue weighted by Gasteiger charge is -2.31. The van der Waals surface area contributed by atoms with Crippen LogP contribution in [0.1, 0.15) is 25.3 Å². The summed E-state index contributed by atoms with van der Waals surface area (Å²) in [6, 6.07) is 9.44. The smallest absolute Gasteiger partial charge is 0.329 e. The average Bonchev–Trinajstić information content (AvgIpc) is 2.51. The quantitative estimate of drug-likeness (QED) is 0.615. The first-order chi connectivity index (χ1) is 10.2. The number of carboxylic acid groups (broad SMARTS) is 1. The van der Waals surface area contributed by atoms with Gasteiger partial charge in [0.15, 0.2) is 5.54 Å². The molecule has 0 aromatic heterocycles. The van der Waals surface area contributed by atoms with E-state index >= 15 is 0 Å². The van der Waals surface area contributed by atoms with E-state index in [1.54, 1.807) is 18.9 Å². The largest absolute Gasteiger partial charge is 0.480 e. The first kappa shape index (κ1) is 18.0. The molecule has 0 heterocycles. The number of rotatable bonds is 11. The Morgan fingerprint density at radius 1 is 1.38 bits per heavy atom. The number of methoxy groups -OCH3 is 1. The number of thioether (sulfide) groups is 1. The summed E-state index contributed by atoms with van der Waals surface area (Å²) in [4.78, 5) is 11.9. The van der Waals surface area contributed by atoms with Crippen LogP contribution in [0.25, 0.3) is 0 Å². The van der Waals surface area contributed by atoms with E-state index in [0.717, 1.165) is 24.2 Å². The van der Waals surface area contributed by atoms with Gasteiger partial charge in [-0.25, -0.2) is 4.79 Å². The van der Waals surface area contributed by atoms with Crippen LogP contribution >= 0.6 is 11.8 Å². The fourth-order valence-electron chi connectivity index (χ4n) is 2.09. The molecule has 0 radical (unpaired) electrons. The van der Waals surface area contributed by atoms with Gasteiger partial charge in [0.1, 0.15) is 0 Å². The van der Waals surface area contributed by atoms with Crippen molar-refractivity contribution in [2.75, 3.05) is 31.8 Å². The molecule has 1 rings (SSSR count). The molecule has 118 valence electrons. The SMILES string of the molecule is CCCNC(CSCCCOC)(C(=O)O)c1ccccc1. The number of hydrogen-bond donors (Lipinski definition) is 2. The van der Waals surface area contributed by atoms with Crippen molar-refractivity contribution in [1.29, 1.82) is 0 Å². The molecule has 0 bridgehead atoms. The second-order valence-corrected chi connectivity index (χ2v) is 6.01.